The fourth-order valence-electron chi connectivity index (χ4n) is 1.53. The number of carbonyl (C=O) groups excluding carboxylic acids is 1. The minimum Gasteiger partial charge on any atom is -0.455 e. The van der Waals surface area contributed by atoms with Gasteiger partial charge in [-0.1, -0.05) is 17.7 Å². The van der Waals surface area contributed by atoms with Gasteiger partial charge in [-0.05, 0) is 40.2 Å². The number of methoxy groups -OCH3 is 1. The van der Waals surface area contributed by atoms with E-state index in [0.717, 1.165) is 0 Å². The largest absolute Gasteiger partial charge is 0.455 e. The molecule has 0 aliphatic heterocycles. The first-order chi connectivity index (χ1) is 8.63. The second-order valence-corrected chi connectivity index (χ2v) is 4.86. The van der Waals surface area contributed by atoms with E-state index >= 15 is 0 Å². The number of ketones is 1. The fraction of sp³-hybridized carbons (Fsp3) is 0.154. The Morgan fingerprint density at radius 2 is 2.17 bits per heavy atom. The van der Waals surface area contributed by atoms with E-state index in [9.17, 15) is 4.79 Å². The van der Waals surface area contributed by atoms with E-state index in [-0.39, 0.29) is 11.5 Å². The number of rotatable bonds is 4. The zero-order valence-corrected chi connectivity index (χ0v) is 11.9. The lowest BCUT2D eigenvalue weighted by Crippen LogP contribution is -2.00. The van der Waals surface area contributed by atoms with Gasteiger partial charge in [0.05, 0.1) is 5.02 Å². The molecule has 0 saturated carbocycles. The summed E-state index contributed by atoms with van der Waals surface area (Å²) >= 11 is 9.35. The van der Waals surface area contributed by atoms with Crippen molar-refractivity contribution >= 4 is 33.3 Å². The van der Waals surface area contributed by atoms with E-state index in [1.165, 1.54) is 0 Å². The van der Waals surface area contributed by atoms with Crippen molar-refractivity contribution in [2.45, 2.75) is 6.61 Å². The molecule has 0 aliphatic rings. The number of ether oxygens (including phenoxy) is 1. The minimum absolute atomic E-state index is 0.247. The van der Waals surface area contributed by atoms with Crippen LogP contribution in [-0.2, 0) is 11.3 Å². The molecular weight excluding hydrogens is 319 g/mol. The molecule has 94 valence electrons. The molecule has 2 rings (SSSR count). The van der Waals surface area contributed by atoms with E-state index in [1.807, 2.05) is 0 Å². The average Bonchev–Trinajstić information content (AvgIpc) is 2.81. The molecule has 0 aliphatic carbocycles. The van der Waals surface area contributed by atoms with Crippen LogP contribution in [0, 0.1) is 0 Å². The van der Waals surface area contributed by atoms with E-state index in [1.54, 1.807) is 37.4 Å². The maximum absolute atomic E-state index is 12.2. The first-order valence-corrected chi connectivity index (χ1v) is 6.37. The monoisotopic (exact) mass is 328 g/mol. The number of hydrogen-bond acceptors (Lipinski definition) is 3. The van der Waals surface area contributed by atoms with Crippen molar-refractivity contribution in [1.82, 2.24) is 0 Å². The van der Waals surface area contributed by atoms with Gasteiger partial charge >= 0.3 is 0 Å². The van der Waals surface area contributed by atoms with Crippen LogP contribution in [0.15, 0.2) is 39.2 Å². The third kappa shape index (κ3) is 2.66. The Balaban J connectivity index is 2.32. The van der Waals surface area contributed by atoms with Crippen molar-refractivity contribution in [2.75, 3.05) is 7.11 Å². The summed E-state index contributed by atoms with van der Waals surface area (Å²) in [5.41, 5.74) is 0.407. The molecule has 0 amide bonds. The predicted molar refractivity (Wildman–Crippen MR) is 72.0 cm³/mol. The zero-order valence-electron chi connectivity index (χ0n) is 9.57. The third-order valence-electron chi connectivity index (χ3n) is 2.37. The second-order valence-electron chi connectivity index (χ2n) is 3.63. The fourth-order valence-corrected chi connectivity index (χ4v) is 2.11. The van der Waals surface area contributed by atoms with Crippen LogP contribution in [0.3, 0.4) is 0 Å². The first kappa shape index (κ1) is 13.3. The summed E-state index contributed by atoms with van der Waals surface area (Å²) in [4.78, 5) is 12.2. The molecule has 1 aromatic carbocycles. The molecule has 1 heterocycles. The maximum atomic E-state index is 12.2. The first-order valence-electron chi connectivity index (χ1n) is 5.20. The van der Waals surface area contributed by atoms with Gasteiger partial charge in [-0.15, -0.1) is 0 Å². The van der Waals surface area contributed by atoms with Crippen LogP contribution in [-0.4, -0.2) is 12.9 Å². The number of halogens is 2. The highest BCUT2D eigenvalue weighted by molar-refractivity contribution is 9.10. The molecule has 3 nitrogen and oxygen atoms in total. The summed E-state index contributed by atoms with van der Waals surface area (Å²) in [5.74, 6) is 0.609. The molecule has 2 aromatic rings. The maximum Gasteiger partial charge on any atom is 0.229 e. The van der Waals surface area contributed by atoms with Crippen molar-refractivity contribution < 1.29 is 13.9 Å². The van der Waals surface area contributed by atoms with Gasteiger partial charge in [0.1, 0.15) is 12.4 Å². The van der Waals surface area contributed by atoms with Crippen LogP contribution >= 0.6 is 27.5 Å². The van der Waals surface area contributed by atoms with E-state index in [4.69, 9.17) is 20.8 Å². The van der Waals surface area contributed by atoms with Crippen LogP contribution in [0.2, 0.25) is 5.02 Å². The molecule has 18 heavy (non-hydrogen) atoms. The van der Waals surface area contributed by atoms with Crippen molar-refractivity contribution in [3.63, 3.8) is 0 Å². The summed E-state index contributed by atoms with van der Waals surface area (Å²) in [6.07, 6.45) is 0. The van der Waals surface area contributed by atoms with Gasteiger partial charge in [0.15, 0.2) is 5.76 Å². The molecule has 0 atom stereocenters. The van der Waals surface area contributed by atoms with Gasteiger partial charge in [-0.25, -0.2) is 0 Å². The van der Waals surface area contributed by atoms with Gasteiger partial charge in [-0.3, -0.25) is 4.79 Å². The van der Waals surface area contributed by atoms with E-state index in [0.29, 0.717) is 27.4 Å². The number of hydrogen-bond donors (Lipinski definition) is 0. The van der Waals surface area contributed by atoms with Gasteiger partial charge < -0.3 is 9.15 Å². The molecule has 5 heteroatoms. The highest BCUT2D eigenvalue weighted by Gasteiger charge is 2.17. The average molecular weight is 330 g/mol. The highest BCUT2D eigenvalue weighted by Crippen LogP contribution is 2.28. The lowest BCUT2D eigenvalue weighted by molar-refractivity contribution is 0.1000. The van der Waals surface area contributed by atoms with Crippen LogP contribution in [0.25, 0.3) is 0 Å². The Morgan fingerprint density at radius 1 is 1.39 bits per heavy atom. The molecular formula is C13H10BrClO3. The molecule has 0 fully saturated rings. The Labute approximate surface area is 118 Å². The SMILES string of the molecule is COCc1ccc(C(=O)c2cccc(Br)c2Cl)o1. The Kier molecular flexibility index (Phi) is 4.22. The standard InChI is InChI=1S/C13H10BrClO3/c1-17-7-8-5-6-11(18-8)13(16)9-3-2-4-10(14)12(9)15/h2-6H,7H2,1H3. The molecule has 0 bridgehead atoms. The molecule has 0 saturated heterocycles. The Bertz CT molecular complexity index is 577. The lowest BCUT2D eigenvalue weighted by Gasteiger charge is -2.02. The van der Waals surface area contributed by atoms with Crippen LogP contribution in [0.4, 0.5) is 0 Å². The lowest BCUT2D eigenvalue weighted by atomic mass is 10.1. The smallest absolute Gasteiger partial charge is 0.229 e. The summed E-state index contributed by atoms with van der Waals surface area (Å²) < 4.78 is 11.0. The quantitative estimate of drug-likeness (QED) is 0.794. The predicted octanol–water partition coefficient (Wildman–Crippen LogP) is 4.07. The molecule has 0 unspecified atom stereocenters. The van der Waals surface area contributed by atoms with Crippen molar-refractivity contribution in [2.24, 2.45) is 0 Å². The van der Waals surface area contributed by atoms with Crippen molar-refractivity contribution in [3.8, 4) is 0 Å². The van der Waals surface area contributed by atoms with E-state index < -0.39 is 0 Å². The van der Waals surface area contributed by atoms with Gasteiger partial charge in [0.25, 0.3) is 0 Å². The Morgan fingerprint density at radius 3 is 2.89 bits per heavy atom. The zero-order chi connectivity index (χ0) is 13.1. The molecule has 0 N–H and O–H groups in total. The van der Waals surface area contributed by atoms with E-state index in [2.05, 4.69) is 15.9 Å². The van der Waals surface area contributed by atoms with Crippen LogP contribution < -0.4 is 0 Å². The van der Waals surface area contributed by atoms with Crippen molar-refractivity contribution in [1.29, 1.82) is 0 Å². The number of carbonyl (C=O) groups is 1. The van der Waals surface area contributed by atoms with Gasteiger partial charge in [0.2, 0.25) is 5.78 Å². The van der Waals surface area contributed by atoms with Gasteiger partial charge in [-0.2, -0.15) is 0 Å². The van der Waals surface area contributed by atoms with Gasteiger partial charge in [0, 0.05) is 17.1 Å². The van der Waals surface area contributed by atoms with Crippen LogP contribution in [0.5, 0.6) is 0 Å². The van der Waals surface area contributed by atoms with Crippen LogP contribution in [0.1, 0.15) is 21.9 Å². The third-order valence-corrected chi connectivity index (χ3v) is 3.66. The normalized spacial score (nSPS) is 10.6. The minimum atomic E-state index is -0.247. The summed E-state index contributed by atoms with van der Waals surface area (Å²) in [5, 5.41) is 0.382. The number of furan rings is 1. The molecule has 0 radical (unpaired) electrons. The Hall–Kier alpha value is -1.10. The molecule has 1 aromatic heterocycles. The molecule has 0 spiro atoms. The highest BCUT2D eigenvalue weighted by atomic mass is 79.9. The second kappa shape index (κ2) is 5.69. The summed E-state index contributed by atoms with van der Waals surface area (Å²) in [7, 11) is 1.56. The summed E-state index contributed by atoms with van der Waals surface area (Å²) in [6.45, 7) is 0.333. The number of benzene rings is 1. The topological polar surface area (TPSA) is 39.4 Å². The van der Waals surface area contributed by atoms with Crippen molar-refractivity contribution in [3.05, 3.63) is 56.9 Å². The summed E-state index contributed by atoms with van der Waals surface area (Å²) in [6, 6.07) is 8.52.